The molecule has 2 N–H and O–H groups in total. The van der Waals surface area contributed by atoms with E-state index in [2.05, 4.69) is 38.5 Å². The van der Waals surface area contributed by atoms with E-state index in [-0.39, 0.29) is 5.91 Å². The molecule has 0 fully saturated rings. The van der Waals surface area contributed by atoms with Gasteiger partial charge in [-0.1, -0.05) is 13.2 Å². The van der Waals surface area contributed by atoms with Gasteiger partial charge in [-0.25, -0.2) is 0 Å². The van der Waals surface area contributed by atoms with Gasteiger partial charge in [0.2, 0.25) is 5.91 Å². The summed E-state index contributed by atoms with van der Waals surface area (Å²) in [6, 6.07) is 4.02. The lowest BCUT2D eigenvalue weighted by molar-refractivity contribution is -0.116. The summed E-state index contributed by atoms with van der Waals surface area (Å²) in [7, 11) is 0. The summed E-state index contributed by atoms with van der Waals surface area (Å²) in [5.41, 5.74) is 8.77. The fourth-order valence-corrected chi connectivity index (χ4v) is 3.60. The molecule has 0 aliphatic carbocycles. The predicted octanol–water partition coefficient (Wildman–Crippen LogP) is 3.88. The minimum absolute atomic E-state index is 0.0475. The number of rotatable bonds is 6. The normalized spacial score (nSPS) is 14.5. The van der Waals surface area contributed by atoms with Crippen LogP contribution in [0.25, 0.3) is 0 Å². The van der Waals surface area contributed by atoms with Crippen molar-refractivity contribution in [3.63, 3.8) is 0 Å². The first-order valence-corrected chi connectivity index (χ1v) is 8.92. The van der Waals surface area contributed by atoms with E-state index in [1.165, 1.54) is 18.1 Å². The van der Waals surface area contributed by atoms with Gasteiger partial charge in [0.1, 0.15) is 5.84 Å². The number of amides is 1. The standard InChI is InChI=1S/C17H19BrN4OS/c1-4-13(20-5-2)9-17(19)21-24-16-10-15-12(8-14(16)18)6-7-22(15)11(3)23/h4-5,8,10H,1-2,6-7,9H2,3H3,(H2,19,21). The number of allylic oxidation sites excluding steroid dienone is 1. The van der Waals surface area contributed by atoms with Crippen LogP contribution in [0.15, 0.2) is 56.3 Å². The third-order valence-electron chi connectivity index (χ3n) is 3.53. The van der Waals surface area contributed by atoms with Crippen molar-refractivity contribution in [3.05, 3.63) is 47.6 Å². The number of amidine groups is 1. The number of halogens is 1. The molecule has 1 aromatic carbocycles. The molecule has 1 aliphatic rings. The minimum Gasteiger partial charge on any atom is -0.386 e. The Morgan fingerprint density at radius 3 is 2.88 bits per heavy atom. The molecule has 7 heteroatoms. The second kappa shape index (κ2) is 8.30. The molecular weight excluding hydrogens is 388 g/mol. The molecule has 1 aromatic rings. The first-order valence-electron chi connectivity index (χ1n) is 7.36. The molecule has 0 radical (unpaired) electrons. The lowest BCUT2D eigenvalue weighted by atomic mass is 10.2. The Kier molecular flexibility index (Phi) is 6.39. The highest BCUT2D eigenvalue weighted by molar-refractivity contribution is 9.10. The van der Waals surface area contributed by atoms with E-state index in [9.17, 15) is 4.79 Å². The van der Waals surface area contributed by atoms with Gasteiger partial charge in [0, 0.05) is 58.8 Å². The van der Waals surface area contributed by atoms with Crippen molar-refractivity contribution in [1.29, 1.82) is 0 Å². The Morgan fingerprint density at radius 2 is 2.25 bits per heavy atom. The number of nitrogens with zero attached hydrogens (tertiary/aromatic N) is 3. The molecule has 1 heterocycles. The largest absolute Gasteiger partial charge is 0.386 e. The SMILES string of the molecule is C=CN=C(C=C)C/C(N)=N/Sc1cc2c(cc1Br)CCN2C(C)=O. The van der Waals surface area contributed by atoms with Crippen LogP contribution in [0.5, 0.6) is 0 Å². The molecule has 126 valence electrons. The Morgan fingerprint density at radius 1 is 1.50 bits per heavy atom. The highest BCUT2D eigenvalue weighted by Crippen LogP contribution is 2.38. The second-order valence-corrected chi connectivity index (χ2v) is 6.85. The quantitative estimate of drug-likeness (QED) is 0.442. The van der Waals surface area contributed by atoms with Gasteiger partial charge in [-0.05, 0) is 46.1 Å². The highest BCUT2D eigenvalue weighted by Gasteiger charge is 2.23. The summed E-state index contributed by atoms with van der Waals surface area (Å²) in [4.78, 5) is 18.5. The van der Waals surface area contributed by atoms with Crippen molar-refractivity contribution in [1.82, 2.24) is 0 Å². The van der Waals surface area contributed by atoms with Gasteiger partial charge >= 0.3 is 0 Å². The summed E-state index contributed by atoms with van der Waals surface area (Å²) in [6.45, 7) is 9.54. The molecule has 0 atom stereocenters. The van der Waals surface area contributed by atoms with Crippen molar-refractivity contribution in [2.75, 3.05) is 11.4 Å². The number of fused-ring (bicyclic) bond motifs is 1. The van der Waals surface area contributed by atoms with Gasteiger partial charge in [-0.3, -0.25) is 9.79 Å². The maximum absolute atomic E-state index is 11.7. The van der Waals surface area contributed by atoms with Crippen molar-refractivity contribution >= 4 is 51.0 Å². The summed E-state index contributed by atoms with van der Waals surface area (Å²) in [5, 5.41) is 0. The maximum atomic E-state index is 11.7. The fourth-order valence-electron chi connectivity index (χ4n) is 2.40. The van der Waals surface area contributed by atoms with Crippen LogP contribution in [0, 0.1) is 0 Å². The lowest BCUT2D eigenvalue weighted by Gasteiger charge is -2.15. The zero-order chi connectivity index (χ0) is 17.7. The molecule has 5 nitrogen and oxygen atoms in total. The summed E-state index contributed by atoms with van der Waals surface area (Å²) >= 11 is 4.83. The van der Waals surface area contributed by atoms with Crippen molar-refractivity contribution in [3.8, 4) is 0 Å². The number of nitrogens with two attached hydrogens (primary N) is 1. The van der Waals surface area contributed by atoms with E-state index < -0.39 is 0 Å². The third kappa shape index (κ3) is 4.36. The molecule has 0 bridgehead atoms. The smallest absolute Gasteiger partial charge is 0.223 e. The number of carbonyl (C=O) groups excluding carboxylic acids is 1. The van der Waals surface area contributed by atoms with Crippen LogP contribution in [0.1, 0.15) is 18.9 Å². The van der Waals surface area contributed by atoms with E-state index in [4.69, 9.17) is 5.73 Å². The topological polar surface area (TPSA) is 71.0 Å². The zero-order valence-electron chi connectivity index (χ0n) is 13.5. The molecular formula is C17H19BrN4OS. The highest BCUT2D eigenvalue weighted by atomic mass is 79.9. The monoisotopic (exact) mass is 406 g/mol. The number of benzene rings is 1. The zero-order valence-corrected chi connectivity index (χ0v) is 15.9. The predicted molar refractivity (Wildman–Crippen MR) is 106 cm³/mol. The van der Waals surface area contributed by atoms with Gasteiger partial charge in [-0.2, -0.15) is 4.40 Å². The second-order valence-electron chi connectivity index (χ2n) is 5.19. The van der Waals surface area contributed by atoms with Crippen LogP contribution in [-0.2, 0) is 11.2 Å². The molecule has 0 saturated carbocycles. The molecule has 0 spiro atoms. The molecule has 2 rings (SSSR count). The van der Waals surface area contributed by atoms with Gasteiger partial charge in [0.05, 0.1) is 0 Å². The van der Waals surface area contributed by atoms with Crippen LogP contribution in [0.2, 0.25) is 0 Å². The Labute approximate surface area is 154 Å². The van der Waals surface area contributed by atoms with Crippen molar-refractivity contribution in [2.45, 2.75) is 24.7 Å². The van der Waals surface area contributed by atoms with Crippen LogP contribution in [-0.4, -0.2) is 24.0 Å². The number of hydrogen-bond donors (Lipinski definition) is 1. The molecule has 0 unspecified atom stereocenters. The van der Waals surface area contributed by atoms with Gasteiger partial charge in [0.25, 0.3) is 0 Å². The third-order valence-corrected chi connectivity index (χ3v) is 5.30. The fraction of sp³-hybridized carbons (Fsp3) is 0.235. The molecule has 0 saturated heterocycles. The summed E-state index contributed by atoms with van der Waals surface area (Å²) in [6.07, 6.45) is 4.35. The number of anilines is 1. The Hall–Kier alpha value is -1.86. The van der Waals surface area contributed by atoms with Crippen molar-refractivity contribution in [2.24, 2.45) is 15.1 Å². The van der Waals surface area contributed by atoms with Crippen LogP contribution in [0.4, 0.5) is 5.69 Å². The Balaban J connectivity index is 2.18. The summed E-state index contributed by atoms with van der Waals surface area (Å²) in [5.74, 6) is 0.489. The minimum atomic E-state index is 0.0475. The van der Waals surface area contributed by atoms with E-state index in [1.54, 1.807) is 17.9 Å². The molecule has 0 aromatic heterocycles. The molecule has 1 aliphatic heterocycles. The average molecular weight is 407 g/mol. The van der Waals surface area contributed by atoms with Gasteiger partial charge in [-0.15, -0.1) is 0 Å². The number of hydrogen-bond acceptors (Lipinski definition) is 4. The van der Waals surface area contributed by atoms with E-state index in [0.29, 0.717) is 18.0 Å². The van der Waals surface area contributed by atoms with Crippen LogP contribution >= 0.6 is 27.9 Å². The number of aliphatic imine (C=N–C) groups is 1. The van der Waals surface area contributed by atoms with Gasteiger partial charge < -0.3 is 10.6 Å². The van der Waals surface area contributed by atoms with E-state index >= 15 is 0 Å². The lowest BCUT2D eigenvalue weighted by Crippen LogP contribution is -2.25. The summed E-state index contributed by atoms with van der Waals surface area (Å²) < 4.78 is 5.28. The van der Waals surface area contributed by atoms with E-state index in [1.807, 2.05) is 12.1 Å². The van der Waals surface area contributed by atoms with E-state index in [0.717, 1.165) is 33.6 Å². The first kappa shape index (κ1) is 18.5. The molecule has 1 amide bonds. The first-order chi connectivity index (χ1) is 11.5. The average Bonchev–Trinajstić information content (AvgIpc) is 2.94. The number of carbonyl (C=O) groups is 1. The van der Waals surface area contributed by atoms with Gasteiger partial charge in [0.15, 0.2) is 0 Å². The Bertz CT molecular complexity index is 742. The maximum Gasteiger partial charge on any atom is 0.223 e. The molecule has 24 heavy (non-hydrogen) atoms. The van der Waals surface area contributed by atoms with Crippen molar-refractivity contribution < 1.29 is 4.79 Å². The van der Waals surface area contributed by atoms with Crippen LogP contribution in [0.3, 0.4) is 0 Å². The van der Waals surface area contributed by atoms with Crippen LogP contribution < -0.4 is 10.6 Å².